The Hall–Kier alpha value is -2.34. The molecule has 1 amide bonds. The maximum Gasteiger partial charge on any atom is 0.228 e. The van der Waals surface area contributed by atoms with Gasteiger partial charge < -0.3 is 4.90 Å². The lowest BCUT2D eigenvalue weighted by molar-refractivity contribution is -0.118. The zero-order chi connectivity index (χ0) is 21.4. The summed E-state index contributed by atoms with van der Waals surface area (Å²) < 4.78 is 13.2. The number of amides is 1. The van der Waals surface area contributed by atoms with Crippen LogP contribution in [0.15, 0.2) is 24.3 Å². The van der Waals surface area contributed by atoms with Crippen molar-refractivity contribution in [2.45, 2.75) is 57.8 Å². The summed E-state index contributed by atoms with van der Waals surface area (Å²) in [5, 5.41) is 0. The van der Waals surface area contributed by atoms with Crippen LogP contribution in [0.5, 0.6) is 0 Å². The number of fused-ring (bicyclic) bond motifs is 1. The van der Waals surface area contributed by atoms with Gasteiger partial charge in [0.2, 0.25) is 5.91 Å². The number of hydrogen-bond donors (Lipinski definition) is 0. The van der Waals surface area contributed by atoms with Crippen LogP contribution >= 0.6 is 0 Å². The van der Waals surface area contributed by atoms with Crippen LogP contribution in [0.4, 0.5) is 10.2 Å². The van der Waals surface area contributed by atoms with Crippen LogP contribution in [-0.4, -0.2) is 47.0 Å². The normalized spacial score (nSPS) is 21.9. The van der Waals surface area contributed by atoms with Crippen LogP contribution in [0.1, 0.15) is 60.7 Å². The van der Waals surface area contributed by atoms with Gasteiger partial charge in [-0.05, 0) is 75.6 Å². The molecule has 5 nitrogen and oxygen atoms in total. The lowest BCUT2D eigenvalue weighted by Crippen LogP contribution is -2.39. The molecule has 3 heterocycles. The number of nitrogens with zero attached hydrogens (tertiary/aromatic N) is 4. The van der Waals surface area contributed by atoms with Crippen LogP contribution in [-0.2, 0) is 17.6 Å². The average molecular weight is 423 g/mol. The number of carbonyl (C=O) groups excluding carboxylic acids is 1. The van der Waals surface area contributed by atoms with E-state index in [1.165, 1.54) is 44.5 Å². The van der Waals surface area contributed by atoms with Crippen molar-refractivity contribution in [2.24, 2.45) is 5.92 Å². The van der Waals surface area contributed by atoms with Gasteiger partial charge in [0.25, 0.3) is 0 Å². The maximum atomic E-state index is 13.2. The largest absolute Gasteiger partial charge is 0.302 e. The Labute approximate surface area is 183 Å². The molecule has 164 valence electrons. The second kappa shape index (κ2) is 8.65. The number of aryl methyl sites for hydroxylation is 1. The Morgan fingerprint density at radius 1 is 1.10 bits per heavy atom. The van der Waals surface area contributed by atoms with Crippen LogP contribution in [0, 0.1) is 18.7 Å². The van der Waals surface area contributed by atoms with Crippen molar-refractivity contribution >= 4 is 11.7 Å². The van der Waals surface area contributed by atoms with Crippen molar-refractivity contribution in [3.05, 3.63) is 52.7 Å². The zero-order valence-corrected chi connectivity index (χ0v) is 18.3. The highest BCUT2D eigenvalue weighted by molar-refractivity contribution is 5.95. The molecule has 1 saturated heterocycles. The molecule has 3 aliphatic rings. The first kappa shape index (κ1) is 20.6. The highest BCUT2D eigenvalue weighted by Crippen LogP contribution is 2.34. The van der Waals surface area contributed by atoms with Crippen molar-refractivity contribution in [1.29, 1.82) is 0 Å². The fourth-order valence-electron chi connectivity index (χ4n) is 5.01. The number of carbonyl (C=O) groups is 1. The lowest BCUT2D eigenvalue weighted by atomic mass is 9.95. The van der Waals surface area contributed by atoms with Gasteiger partial charge in [0.1, 0.15) is 17.5 Å². The topological polar surface area (TPSA) is 49.3 Å². The van der Waals surface area contributed by atoms with E-state index in [1.54, 1.807) is 12.1 Å². The number of halogens is 1. The minimum atomic E-state index is -0.237. The SMILES string of the molecule is Cc1nc([C@@H]2CCCN(CC3CC3)C2)nc2c1CCC(=O)N2CCc1ccc(F)cc1. The van der Waals surface area contributed by atoms with Gasteiger partial charge in [-0.3, -0.25) is 9.69 Å². The highest BCUT2D eigenvalue weighted by atomic mass is 19.1. The quantitative estimate of drug-likeness (QED) is 0.705. The number of benzene rings is 1. The monoisotopic (exact) mass is 422 g/mol. The Morgan fingerprint density at radius 3 is 2.68 bits per heavy atom. The summed E-state index contributed by atoms with van der Waals surface area (Å²) in [6.45, 7) is 6.04. The van der Waals surface area contributed by atoms with Gasteiger partial charge in [0.05, 0.1) is 0 Å². The van der Waals surface area contributed by atoms with Crippen LogP contribution in [0.3, 0.4) is 0 Å². The fraction of sp³-hybridized carbons (Fsp3) is 0.560. The minimum Gasteiger partial charge on any atom is -0.302 e. The standard InChI is InChI=1S/C25H31FN4O/c1-17-22-10-11-23(31)30(14-12-18-6-8-21(26)9-7-18)25(22)28-24(27-17)20-3-2-13-29(16-20)15-19-4-5-19/h6-9,19-20H,2-5,10-16H2,1H3/t20-/m1/s1. The minimum absolute atomic E-state index is 0.123. The summed E-state index contributed by atoms with van der Waals surface area (Å²) in [5.41, 5.74) is 3.14. The predicted octanol–water partition coefficient (Wildman–Crippen LogP) is 4.04. The molecule has 6 heteroatoms. The van der Waals surface area contributed by atoms with E-state index >= 15 is 0 Å². The van der Waals surface area contributed by atoms with E-state index in [9.17, 15) is 9.18 Å². The molecule has 0 unspecified atom stereocenters. The molecule has 2 fully saturated rings. The third-order valence-corrected chi connectivity index (χ3v) is 6.98. The van der Waals surface area contributed by atoms with Crippen LogP contribution in [0.2, 0.25) is 0 Å². The summed E-state index contributed by atoms with van der Waals surface area (Å²) in [6.07, 6.45) is 6.95. The fourth-order valence-corrected chi connectivity index (χ4v) is 5.01. The van der Waals surface area contributed by atoms with Crippen molar-refractivity contribution in [3.63, 3.8) is 0 Å². The van der Waals surface area contributed by atoms with E-state index in [4.69, 9.17) is 9.97 Å². The molecule has 31 heavy (non-hydrogen) atoms. The molecule has 1 saturated carbocycles. The summed E-state index contributed by atoms with van der Waals surface area (Å²) in [5.74, 6) is 2.83. The molecular weight excluding hydrogens is 391 g/mol. The summed E-state index contributed by atoms with van der Waals surface area (Å²) in [4.78, 5) is 27.1. The number of piperidine rings is 1. The predicted molar refractivity (Wildman–Crippen MR) is 119 cm³/mol. The number of aromatic nitrogens is 2. The molecule has 2 aliphatic heterocycles. The molecule has 1 aromatic carbocycles. The molecule has 0 radical (unpaired) electrons. The van der Waals surface area contributed by atoms with Gasteiger partial charge in [0, 0.05) is 43.2 Å². The number of likely N-dealkylation sites (tertiary alicyclic amines) is 1. The zero-order valence-electron chi connectivity index (χ0n) is 18.3. The summed E-state index contributed by atoms with van der Waals surface area (Å²) in [6, 6.07) is 6.53. The van der Waals surface area contributed by atoms with Gasteiger partial charge in [-0.2, -0.15) is 0 Å². The summed E-state index contributed by atoms with van der Waals surface area (Å²) in [7, 11) is 0. The van der Waals surface area contributed by atoms with E-state index in [1.807, 2.05) is 4.90 Å². The average Bonchev–Trinajstić information content (AvgIpc) is 3.58. The molecule has 1 aromatic heterocycles. The molecule has 0 bridgehead atoms. The number of rotatable bonds is 6. The van der Waals surface area contributed by atoms with Gasteiger partial charge in [-0.15, -0.1) is 0 Å². The van der Waals surface area contributed by atoms with Crippen molar-refractivity contribution in [3.8, 4) is 0 Å². The third kappa shape index (κ3) is 4.64. The highest BCUT2D eigenvalue weighted by Gasteiger charge is 2.32. The number of anilines is 1. The van der Waals surface area contributed by atoms with Crippen molar-refractivity contribution in [2.75, 3.05) is 31.1 Å². The molecule has 1 atom stereocenters. The summed E-state index contributed by atoms with van der Waals surface area (Å²) >= 11 is 0. The second-order valence-electron chi connectivity index (χ2n) is 9.43. The van der Waals surface area contributed by atoms with Crippen molar-refractivity contribution in [1.82, 2.24) is 14.9 Å². The lowest BCUT2D eigenvalue weighted by Gasteiger charge is -2.34. The molecule has 2 aromatic rings. The van der Waals surface area contributed by atoms with E-state index in [2.05, 4.69) is 11.8 Å². The Bertz CT molecular complexity index is 957. The molecule has 0 N–H and O–H groups in total. The van der Waals surface area contributed by atoms with Gasteiger partial charge in [-0.1, -0.05) is 12.1 Å². The van der Waals surface area contributed by atoms with E-state index in [-0.39, 0.29) is 11.7 Å². The number of hydrogen-bond acceptors (Lipinski definition) is 4. The Balaban J connectivity index is 1.37. The van der Waals surface area contributed by atoms with E-state index in [0.29, 0.717) is 31.7 Å². The van der Waals surface area contributed by atoms with Crippen LogP contribution in [0.25, 0.3) is 0 Å². The van der Waals surface area contributed by atoms with E-state index in [0.717, 1.165) is 47.3 Å². The van der Waals surface area contributed by atoms with Crippen molar-refractivity contribution < 1.29 is 9.18 Å². The van der Waals surface area contributed by atoms with Crippen LogP contribution < -0.4 is 4.90 Å². The van der Waals surface area contributed by atoms with E-state index < -0.39 is 0 Å². The Morgan fingerprint density at radius 2 is 1.90 bits per heavy atom. The molecule has 0 spiro atoms. The molecule has 5 rings (SSSR count). The first-order valence-corrected chi connectivity index (χ1v) is 11.7. The first-order valence-electron chi connectivity index (χ1n) is 11.7. The molecular formula is C25H31FN4O. The third-order valence-electron chi connectivity index (χ3n) is 6.98. The smallest absolute Gasteiger partial charge is 0.228 e. The van der Waals surface area contributed by atoms with Gasteiger partial charge in [0.15, 0.2) is 0 Å². The molecule has 1 aliphatic carbocycles. The van der Waals surface area contributed by atoms with Gasteiger partial charge in [-0.25, -0.2) is 14.4 Å². The second-order valence-corrected chi connectivity index (χ2v) is 9.43. The Kier molecular flexibility index (Phi) is 5.74. The first-order chi connectivity index (χ1) is 15.1. The van der Waals surface area contributed by atoms with Gasteiger partial charge >= 0.3 is 0 Å². The maximum absolute atomic E-state index is 13.2.